The fourth-order valence-corrected chi connectivity index (χ4v) is 7.39. The van der Waals surface area contributed by atoms with Crippen LogP contribution in [0.3, 0.4) is 0 Å². The summed E-state index contributed by atoms with van der Waals surface area (Å²) in [6.07, 6.45) is 0.707. The van der Waals surface area contributed by atoms with E-state index in [1.807, 2.05) is 13.8 Å². The van der Waals surface area contributed by atoms with Crippen LogP contribution in [-0.2, 0) is 12.8 Å². The van der Waals surface area contributed by atoms with E-state index in [9.17, 15) is 26.3 Å². The number of alkyl halides is 6. The fourth-order valence-electron chi connectivity index (χ4n) is 7.39. The van der Waals surface area contributed by atoms with Crippen molar-refractivity contribution in [1.82, 2.24) is 0 Å². The molecule has 0 bridgehead atoms. The molecule has 0 aromatic heterocycles. The average Bonchev–Trinajstić information content (AvgIpc) is 3.01. The van der Waals surface area contributed by atoms with Gasteiger partial charge >= 0.3 is 12.7 Å². The Hall–Kier alpha value is -3.94. The zero-order valence-electron chi connectivity index (χ0n) is 31.1. The standard InChI is InChI=1S/C43H50F6O2/c1-26-22-34(23-27(2)40(26)36-18-20-38(32(7)30(36)5)50-42(44,45)46)16-14-12-10-9-11-13-15-17-35-24-28(3)41(29(4)25-35)37-19-21-39(33(8)31(37)6)51-43(47,48)49/h18-25H,9-17H2,1-8H3. The quantitative estimate of drug-likeness (QED) is 0.0957. The first-order valence-corrected chi connectivity index (χ1v) is 17.8. The van der Waals surface area contributed by atoms with Crippen LogP contribution in [0.4, 0.5) is 26.3 Å². The molecule has 2 nitrogen and oxygen atoms in total. The van der Waals surface area contributed by atoms with Gasteiger partial charge in [0.1, 0.15) is 11.5 Å². The van der Waals surface area contributed by atoms with Crippen LogP contribution < -0.4 is 9.47 Å². The Labute approximate surface area is 299 Å². The van der Waals surface area contributed by atoms with E-state index >= 15 is 0 Å². The molecule has 276 valence electrons. The summed E-state index contributed by atoms with van der Waals surface area (Å²) in [7, 11) is 0. The normalized spacial score (nSPS) is 12.0. The number of halogens is 6. The van der Waals surface area contributed by atoms with E-state index in [1.54, 1.807) is 26.0 Å². The Balaban J connectivity index is 1.22. The van der Waals surface area contributed by atoms with Crippen molar-refractivity contribution in [3.05, 3.63) is 104 Å². The highest BCUT2D eigenvalue weighted by Crippen LogP contribution is 2.39. The highest BCUT2D eigenvalue weighted by Gasteiger charge is 2.33. The second kappa shape index (κ2) is 16.6. The Bertz CT molecular complexity index is 1660. The van der Waals surface area contributed by atoms with Crippen LogP contribution in [-0.4, -0.2) is 12.7 Å². The van der Waals surface area contributed by atoms with Crippen molar-refractivity contribution < 1.29 is 35.8 Å². The number of benzene rings is 4. The van der Waals surface area contributed by atoms with Crippen molar-refractivity contribution in [2.75, 3.05) is 0 Å². The number of rotatable bonds is 14. The van der Waals surface area contributed by atoms with Crippen molar-refractivity contribution >= 4 is 0 Å². The highest BCUT2D eigenvalue weighted by atomic mass is 19.4. The fraction of sp³-hybridized carbons (Fsp3) is 0.442. The van der Waals surface area contributed by atoms with Gasteiger partial charge in [0.05, 0.1) is 0 Å². The molecule has 4 aromatic carbocycles. The molecule has 0 aliphatic heterocycles. The highest BCUT2D eigenvalue weighted by molar-refractivity contribution is 5.77. The molecule has 0 amide bonds. The van der Waals surface area contributed by atoms with Gasteiger partial charge in [0.2, 0.25) is 0 Å². The molecule has 0 heterocycles. The summed E-state index contributed by atoms with van der Waals surface area (Å²) >= 11 is 0. The number of unbranched alkanes of at least 4 members (excludes halogenated alkanes) is 6. The van der Waals surface area contributed by atoms with E-state index in [0.29, 0.717) is 11.1 Å². The summed E-state index contributed by atoms with van der Waals surface area (Å²) in [5, 5.41) is 0. The van der Waals surface area contributed by atoms with E-state index in [1.165, 1.54) is 55.4 Å². The van der Waals surface area contributed by atoms with Gasteiger partial charge in [-0.2, -0.15) is 0 Å². The van der Waals surface area contributed by atoms with E-state index in [2.05, 4.69) is 61.4 Å². The third-order valence-corrected chi connectivity index (χ3v) is 10.1. The van der Waals surface area contributed by atoms with Crippen LogP contribution in [0.2, 0.25) is 0 Å². The summed E-state index contributed by atoms with van der Waals surface area (Å²) in [6.45, 7) is 15.3. The monoisotopic (exact) mass is 712 g/mol. The SMILES string of the molecule is Cc1cc(CCCCCCCCCc2cc(C)c(-c3ccc(OC(F)(F)F)c(C)c3C)c(C)c2)cc(C)c1-c1ccc(OC(F)(F)F)c(C)c1C. The molecule has 8 heteroatoms. The molecule has 0 fully saturated rings. The molecule has 4 rings (SSSR count). The lowest BCUT2D eigenvalue weighted by molar-refractivity contribution is -0.275. The van der Waals surface area contributed by atoms with Gasteiger partial charge < -0.3 is 9.47 Å². The number of hydrogen-bond donors (Lipinski definition) is 0. The third kappa shape index (κ3) is 10.6. The van der Waals surface area contributed by atoms with E-state index in [-0.39, 0.29) is 11.5 Å². The minimum atomic E-state index is -4.72. The van der Waals surface area contributed by atoms with Crippen molar-refractivity contribution in [3.63, 3.8) is 0 Å². The van der Waals surface area contributed by atoms with Gasteiger partial charge in [0.15, 0.2) is 0 Å². The smallest absolute Gasteiger partial charge is 0.406 e. The zero-order valence-corrected chi connectivity index (χ0v) is 31.1. The first-order chi connectivity index (χ1) is 23.9. The maximum absolute atomic E-state index is 12.8. The Morgan fingerprint density at radius 3 is 1.00 bits per heavy atom. The van der Waals surface area contributed by atoms with Crippen LogP contribution in [0.5, 0.6) is 11.5 Å². The predicted octanol–water partition coefficient (Wildman–Crippen LogP) is 13.8. The molecule has 0 atom stereocenters. The lowest BCUT2D eigenvalue weighted by Crippen LogP contribution is -2.18. The first kappa shape index (κ1) is 39.8. The summed E-state index contributed by atoms with van der Waals surface area (Å²) < 4.78 is 85.3. The van der Waals surface area contributed by atoms with E-state index in [4.69, 9.17) is 0 Å². The maximum Gasteiger partial charge on any atom is 0.573 e. The van der Waals surface area contributed by atoms with Crippen LogP contribution in [0, 0.1) is 55.4 Å². The van der Waals surface area contributed by atoms with Crippen LogP contribution in [0.1, 0.15) is 101 Å². The summed E-state index contributed by atoms with van der Waals surface area (Å²) in [5.41, 5.74) is 13.6. The number of hydrogen-bond acceptors (Lipinski definition) is 2. The van der Waals surface area contributed by atoms with Crippen molar-refractivity contribution in [2.24, 2.45) is 0 Å². The molecule has 0 aliphatic carbocycles. The molecule has 0 saturated heterocycles. The van der Waals surface area contributed by atoms with Crippen molar-refractivity contribution in [2.45, 2.75) is 126 Å². The van der Waals surface area contributed by atoms with Gasteiger partial charge in [0.25, 0.3) is 0 Å². The Kier molecular flexibility index (Phi) is 13.0. The molecule has 0 radical (unpaired) electrons. The molecule has 51 heavy (non-hydrogen) atoms. The minimum Gasteiger partial charge on any atom is -0.406 e. The van der Waals surface area contributed by atoms with Gasteiger partial charge in [-0.3, -0.25) is 0 Å². The van der Waals surface area contributed by atoms with E-state index in [0.717, 1.165) is 81.3 Å². The summed E-state index contributed by atoms with van der Waals surface area (Å²) in [5.74, 6) is -0.321. The van der Waals surface area contributed by atoms with Gasteiger partial charge in [-0.1, -0.05) is 68.5 Å². The van der Waals surface area contributed by atoms with Gasteiger partial charge in [-0.25, -0.2) is 0 Å². The molecular formula is C43H50F6O2. The zero-order chi connectivity index (χ0) is 37.7. The van der Waals surface area contributed by atoms with E-state index < -0.39 is 12.7 Å². The average molecular weight is 713 g/mol. The third-order valence-electron chi connectivity index (χ3n) is 10.1. The lowest BCUT2D eigenvalue weighted by atomic mass is 9.88. The Morgan fingerprint density at radius 2 is 0.706 bits per heavy atom. The van der Waals surface area contributed by atoms with Gasteiger partial charge in [0, 0.05) is 0 Å². The van der Waals surface area contributed by atoms with Crippen LogP contribution in [0.25, 0.3) is 22.3 Å². The number of ether oxygens (including phenoxy) is 2. The van der Waals surface area contributed by atoms with Crippen molar-refractivity contribution in [3.8, 4) is 33.8 Å². The van der Waals surface area contributed by atoms with Gasteiger partial charge in [-0.15, -0.1) is 26.3 Å². The lowest BCUT2D eigenvalue weighted by Gasteiger charge is -2.19. The number of aryl methyl sites for hydroxylation is 6. The van der Waals surface area contributed by atoms with Crippen LogP contribution in [0.15, 0.2) is 48.5 Å². The molecule has 0 saturated carbocycles. The molecule has 0 N–H and O–H groups in total. The molecule has 4 aromatic rings. The largest absolute Gasteiger partial charge is 0.573 e. The second-order valence-electron chi connectivity index (χ2n) is 14.0. The maximum atomic E-state index is 12.8. The molecule has 0 spiro atoms. The predicted molar refractivity (Wildman–Crippen MR) is 195 cm³/mol. The topological polar surface area (TPSA) is 18.5 Å². The minimum absolute atomic E-state index is 0.160. The molecular weight excluding hydrogens is 662 g/mol. The van der Waals surface area contributed by atoms with Crippen molar-refractivity contribution in [1.29, 1.82) is 0 Å². The van der Waals surface area contributed by atoms with Crippen LogP contribution >= 0.6 is 0 Å². The second-order valence-corrected chi connectivity index (χ2v) is 14.0. The first-order valence-electron chi connectivity index (χ1n) is 17.8. The summed E-state index contributed by atoms with van der Waals surface area (Å²) in [6, 6.07) is 15.1. The Morgan fingerprint density at radius 1 is 0.412 bits per heavy atom. The molecule has 0 aliphatic rings. The molecule has 0 unspecified atom stereocenters. The summed E-state index contributed by atoms with van der Waals surface area (Å²) in [4.78, 5) is 0. The van der Waals surface area contributed by atoms with Gasteiger partial charge in [-0.05, 0) is 171 Å².